The van der Waals surface area contributed by atoms with Gasteiger partial charge in [0.1, 0.15) is 5.82 Å². The van der Waals surface area contributed by atoms with Gasteiger partial charge in [0.25, 0.3) is 5.91 Å². The Morgan fingerprint density at radius 2 is 1.96 bits per heavy atom. The molecule has 5 nitrogen and oxygen atoms in total. The fourth-order valence-corrected chi connectivity index (χ4v) is 3.09. The largest absolute Gasteiger partial charge is 0.379 e. The summed E-state index contributed by atoms with van der Waals surface area (Å²) >= 11 is 0. The van der Waals surface area contributed by atoms with E-state index in [2.05, 4.69) is 4.90 Å². The Morgan fingerprint density at radius 3 is 2.62 bits per heavy atom. The molecule has 1 heterocycles. The van der Waals surface area contributed by atoms with Crippen molar-refractivity contribution in [1.29, 1.82) is 0 Å². The van der Waals surface area contributed by atoms with Gasteiger partial charge >= 0.3 is 0 Å². The van der Waals surface area contributed by atoms with Crippen LogP contribution in [0.5, 0.6) is 0 Å². The summed E-state index contributed by atoms with van der Waals surface area (Å²) in [4.78, 5) is 18.4. The maximum absolute atomic E-state index is 13.8. The number of benzene rings is 1. The fourth-order valence-electron chi connectivity index (χ4n) is 3.09. The highest BCUT2D eigenvalue weighted by Crippen LogP contribution is 2.25. The van der Waals surface area contributed by atoms with E-state index in [-0.39, 0.29) is 18.3 Å². The normalized spacial score (nSPS) is 21.8. The predicted octanol–water partition coefficient (Wildman–Crippen LogP) is 1.17. The molecule has 1 atom stereocenters. The summed E-state index contributed by atoms with van der Waals surface area (Å²) in [6.45, 7) is 2.69. The smallest absolute Gasteiger partial charge is 0.256 e. The van der Waals surface area contributed by atoms with Crippen molar-refractivity contribution in [3.8, 4) is 0 Å². The predicted molar refractivity (Wildman–Crippen MR) is 92.1 cm³/mol. The summed E-state index contributed by atoms with van der Waals surface area (Å²) in [5.41, 5.74) is -0.902. The maximum atomic E-state index is 13.8. The van der Waals surface area contributed by atoms with E-state index in [9.17, 15) is 14.3 Å². The minimum atomic E-state index is -1.38. The van der Waals surface area contributed by atoms with Gasteiger partial charge in [-0.2, -0.15) is 0 Å². The average Bonchev–Trinajstić information content (AvgIpc) is 2.52. The van der Waals surface area contributed by atoms with Crippen LogP contribution in [0.3, 0.4) is 0 Å². The number of hydrogen-bond acceptors (Lipinski definition) is 4. The lowest BCUT2D eigenvalue weighted by Gasteiger charge is -2.40. The zero-order valence-electron chi connectivity index (χ0n) is 14.8. The minimum Gasteiger partial charge on any atom is -0.379 e. The van der Waals surface area contributed by atoms with Gasteiger partial charge in [-0.1, -0.05) is 18.2 Å². The molecule has 1 aromatic rings. The molecule has 0 saturated carbocycles. The van der Waals surface area contributed by atoms with Crippen molar-refractivity contribution in [2.75, 3.05) is 47.3 Å². The van der Waals surface area contributed by atoms with Crippen molar-refractivity contribution in [1.82, 2.24) is 14.7 Å². The van der Waals surface area contributed by atoms with E-state index in [0.717, 1.165) is 19.5 Å². The molecule has 1 fully saturated rings. The number of rotatable bonds is 7. The van der Waals surface area contributed by atoms with Gasteiger partial charge in [0, 0.05) is 38.3 Å². The number of carbonyl (C=O) groups is 1. The Labute approximate surface area is 143 Å². The SMILES string of the molecule is CN(C)CCN(C)C[C@]1(O)CCCN(Cc2ccccc2F)C1=O. The van der Waals surface area contributed by atoms with Crippen LogP contribution in [0.4, 0.5) is 4.39 Å². The van der Waals surface area contributed by atoms with Gasteiger partial charge in [-0.25, -0.2) is 4.39 Å². The molecule has 0 aliphatic carbocycles. The summed E-state index contributed by atoms with van der Waals surface area (Å²) in [7, 11) is 5.89. The Balaban J connectivity index is 2.01. The van der Waals surface area contributed by atoms with E-state index < -0.39 is 5.60 Å². The van der Waals surface area contributed by atoms with Crippen molar-refractivity contribution < 1.29 is 14.3 Å². The van der Waals surface area contributed by atoms with Crippen LogP contribution in [0.15, 0.2) is 24.3 Å². The number of likely N-dealkylation sites (N-methyl/N-ethyl adjacent to an activating group) is 2. The van der Waals surface area contributed by atoms with E-state index in [0.29, 0.717) is 25.1 Å². The number of likely N-dealkylation sites (tertiary alicyclic amines) is 1. The molecule has 134 valence electrons. The van der Waals surface area contributed by atoms with E-state index in [1.165, 1.54) is 6.07 Å². The molecule has 2 rings (SSSR count). The van der Waals surface area contributed by atoms with Crippen molar-refractivity contribution in [3.05, 3.63) is 35.6 Å². The van der Waals surface area contributed by atoms with Crippen LogP contribution in [-0.2, 0) is 11.3 Å². The molecule has 24 heavy (non-hydrogen) atoms. The number of aliphatic hydroxyl groups is 1. The maximum Gasteiger partial charge on any atom is 0.256 e. The molecule has 1 amide bonds. The van der Waals surface area contributed by atoms with E-state index in [4.69, 9.17) is 0 Å². The molecule has 0 spiro atoms. The highest BCUT2D eigenvalue weighted by molar-refractivity contribution is 5.86. The highest BCUT2D eigenvalue weighted by atomic mass is 19.1. The lowest BCUT2D eigenvalue weighted by atomic mass is 9.90. The zero-order valence-corrected chi connectivity index (χ0v) is 14.8. The summed E-state index contributed by atoms with van der Waals surface area (Å²) in [6, 6.07) is 6.46. The topological polar surface area (TPSA) is 47.0 Å². The molecule has 1 N–H and O–H groups in total. The fraction of sp³-hybridized carbons (Fsp3) is 0.611. The monoisotopic (exact) mass is 337 g/mol. The first-order valence-electron chi connectivity index (χ1n) is 8.40. The molecule has 1 saturated heterocycles. The third-order valence-corrected chi connectivity index (χ3v) is 4.48. The number of nitrogens with zero attached hydrogens (tertiary/aromatic N) is 3. The molecule has 6 heteroatoms. The standard InChI is InChI=1S/C18H28FN3O2/c1-20(2)11-12-21(3)14-18(24)9-6-10-22(17(18)23)13-15-7-4-5-8-16(15)19/h4-5,7-8,24H,6,9-14H2,1-3H3/t18-/m1/s1. The molecular weight excluding hydrogens is 309 g/mol. The van der Waals surface area contributed by atoms with Gasteiger partial charge in [-0.3, -0.25) is 4.79 Å². The molecule has 0 bridgehead atoms. The minimum absolute atomic E-state index is 0.204. The molecular formula is C18H28FN3O2. The lowest BCUT2D eigenvalue weighted by Crippen LogP contribution is -2.58. The zero-order chi connectivity index (χ0) is 17.7. The first-order valence-corrected chi connectivity index (χ1v) is 8.40. The number of amides is 1. The summed E-state index contributed by atoms with van der Waals surface area (Å²) in [5, 5.41) is 10.9. The van der Waals surface area contributed by atoms with E-state index in [1.54, 1.807) is 23.1 Å². The van der Waals surface area contributed by atoms with Gasteiger partial charge in [-0.05, 0) is 40.1 Å². The summed E-state index contributed by atoms with van der Waals surface area (Å²) < 4.78 is 13.8. The Morgan fingerprint density at radius 1 is 1.25 bits per heavy atom. The molecule has 1 aliphatic rings. The van der Waals surface area contributed by atoms with Gasteiger partial charge in [0.15, 0.2) is 5.60 Å². The molecule has 0 unspecified atom stereocenters. The van der Waals surface area contributed by atoms with Crippen molar-refractivity contribution >= 4 is 5.91 Å². The Kier molecular flexibility index (Phi) is 6.32. The van der Waals surface area contributed by atoms with Gasteiger partial charge in [0.2, 0.25) is 0 Å². The van der Waals surface area contributed by atoms with E-state index >= 15 is 0 Å². The average molecular weight is 337 g/mol. The van der Waals surface area contributed by atoms with Crippen molar-refractivity contribution in [2.45, 2.75) is 25.0 Å². The second kappa shape index (κ2) is 8.05. The molecule has 0 radical (unpaired) electrons. The first kappa shape index (κ1) is 18.8. The van der Waals surface area contributed by atoms with Crippen LogP contribution in [0, 0.1) is 5.82 Å². The molecule has 1 aromatic carbocycles. The van der Waals surface area contributed by atoms with Crippen LogP contribution in [0.2, 0.25) is 0 Å². The number of carbonyl (C=O) groups excluding carboxylic acids is 1. The molecule has 0 aromatic heterocycles. The van der Waals surface area contributed by atoms with Crippen LogP contribution >= 0.6 is 0 Å². The van der Waals surface area contributed by atoms with Crippen LogP contribution in [-0.4, -0.2) is 78.6 Å². The van der Waals surface area contributed by atoms with Crippen LogP contribution < -0.4 is 0 Å². The van der Waals surface area contributed by atoms with Gasteiger partial charge < -0.3 is 19.8 Å². The summed E-state index contributed by atoms with van der Waals surface area (Å²) in [6.07, 6.45) is 1.17. The van der Waals surface area contributed by atoms with Crippen LogP contribution in [0.25, 0.3) is 0 Å². The second-order valence-corrected chi connectivity index (χ2v) is 6.99. The Hall–Kier alpha value is -1.50. The van der Waals surface area contributed by atoms with Gasteiger partial charge in [-0.15, -0.1) is 0 Å². The quantitative estimate of drug-likeness (QED) is 0.811. The summed E-state index contributed by atoms with van der Waals surface area (Å²) in [5.74, 6) is -0.615. The lowest BCUT2D eigenvalue weighted by molar-refractivity contribution is -0.159. The molecule has 1 aliphatic heterocycles. The van der Waals surface area contributed by atoms with Crippen molar-refractivity contribution in [3.63, 3.8) is 0 Å². The number of piperidine rings is 1. The first-order chi connectivity index (χ1) is 11.3. The van der Waals surface area contributed by atoms with Crippen LogP contribution in [0.1, 0.15) is 18.4 Å². The number of hydrogen-bond donors (Lipinski definition) is 1. The Bertz CT molecular complexity index is 567. The van der Waals surface area contributed by atoms with Gasteiger partial charge in [0.05, 0.1) is 0 Å². The third-order valence-electron chi connectivity index (χ3n) is 4.48. The highest BCUT2D eigenvalue weighted by Gasteiger charge is 2.42. The third kappa shape index (κ3) is 4.75. The van der Waals surface area contributed by atoms with Crippen molar-refractivity contribution in [2.24, 2.45) is 0 Å². The number of halogens is 1. The van der Waals surface area contributed by atoms with E-state index in [1.807, 2.05) is 26.0 Å². The second-order valence-electron chi connectivity index (χ2n) is 6.99.